The number of piperazine rings is 1. The van der Waals surface area contributed by atoms with Crippen LogP contribution in [-0.4, -0.2) is 60.9 Å². The number of aromatic nitrogens is 6. The summed E-state index contributed by atoms with van der Waals surface area (Å²) in [5.41, 5.74) is 1.41. The van der Waals surface area contributed by atoms with E-state index < -0.39 is 0 Å². The van der Waals surface area contributed by atoms with E-state index in [1.165, 1.54) is 6.07 Å². The average molecular weight is 354 g/mol. The molecule has 1 aliphatic rings. The number of hydrogen-bond acceptors (Lipinski definition) is 7. The summed E-state index contributed by atoms with van der Waals surface area (Å²) in [7, 11) is 0. The number of aryl methyl sites for hydroxylation is 2. The molecule has 0 aliphatic carbocycles. The van der Waals surface area contributed by atoms with Crippen molar-refractivity contribution >= 4 is 11.5 Å². The van der Waals surface area contributed by atoms with Gasteiger partial charge in [0.15, 0.2) is 11.5 Å². The number of rotatable bonds is 3. The molecule has 0 saturated carbocycles. The van der Waals surface area contributed by atoms with Crippen molar-refractivity contribution in [2.45, 2.75) is 26.8 Å². The zero-order valence-corrected chi connectivity index (χ0v) is 15.2. The molecule has 1 fully saturated rings. The Morgan fingerprint density at radius 2 is 1.88 bits per heavy atom. The second-order valence-electron chi connectivity index (χ2n) is 6.68. The van der Waals surface area contributed by atoms with Crippen molar-refractivity contribution in [1.29, 1.82) is 0 Å². The topological polar surface area (TPSA) is 95.3 Å². The molecule has 4 rings (SSSR count). The zero-order valence-electron chi connectivity index (χ0n) is 15.2. The molecule has 1 unspecified atom stereocenters. The minimum atomic E-state index is -0.0974. The number of fused-ring (bicyclic) bond motifs is 1. The summed E-state index contributed by atoms with van der Waals surface area (Å²) in [6.07, 6.45) is 0. The van der Waals surface area contributed by atoms with Crippen LogP contribution in [0, 0.1) is 13.8 Å². The molecule has 26 heavy (non-hydrogen) atoms. The standard InChI is InChI=1S/C17H22N8O/c1-11-10-16(26)19-17(18-11)12(2)23-6-8-24(9-7-23)15-5-4-14-21-20-13(3)25(14)22-15/h4-5,10,12H,6-9H2,1-3H3,(H,18,19,26). The molecule has 1 atom stereocenters. The monoisotopic (exact) mass is 354 g/mol. The molecular formula is C17H22N8O. The van der Waals surface area contributed by atoms with Gasteiger partial charge in [0.1, 0.15) is 11.6 Å². The summed E-state index contributed by atoms with van der Waals surface area (Å²) in [5.74, 6) is 2.43. The molecule has 0 bridgehead atoms. The van der Waals surface area contributed by atoms with Crippen LogP contribution in [0.1, 0.15) is 30.3 Å². The molecule has 9 nitrogen and oxygen atoms in total. The first-order valence-electron chi connectivity index (χ1n) is 8.77. The summed E-state index contributed by atoms with van der Waals surface area (Å²) < 4.78 is 1.77. The van der Waals surface area contributed by atoms with Gasteiger partial charge in [0.05, 0.1) is 6.04 Å². The normalized spacial score (nSPS) is 17.0. The van der Waals surface area contributed by atoms with E-state index in [0.29, 0.717) is 0 Å². The Kier molecular flexibility index (Phi) is 4.15. The van der Waals surface area contributed by atoms with Crippen molar-refractivity contribution < 1.29 is 0 Å². The predicted molar refractivity (Wildman–Crippen MR) is 97.3 cm³/mol. The SMILES string of the molecule is Cc1cc(=O)[nH]c(C(C)N2CCN(c3ccc4nnc(C)n4n3)CC2)n1. The van der Waals surface area contributed by atoms with Gasteiger partial charge >= 0.3 is 0 Å². The van der Waals surface area contributed by atoms with Crippen LogP contribution >= 0.6 is 0 Å². The molecule has 0 amide bonds. The van der Waals surface area contributed by atoms with Gasteiger partial charge in [-0.1, -0.05) is 0 Å². The molecule has 0 aromatic carbocycles. The predicted octanol–water partition coefficient (Wildman–Crippen LogP) is 0.708. The molecule has 1 N–H and O–H groups in total. The van der Waals surface area contributed by atoms with Crippen molar-refractivity contribution in [1.82, 2.24) is 34.7 Å². The fraction of sp³-hybridized carbons (Fsp3) is 0.471. The molecule has 3 aromatic rings. The van der Waals surface area contributed by atoms with Gasteiger partial charge in [0, 0.05) is 37.9 Å². The fourth-order valence-corrected chi connectivity index (χ4v) is 3.37. The van der Waals surface area contributed by atoms with E-state index >= 15 is 0 Å². The van der Waals surface area contributed by atoms with Crippen molar-refractivity contribution in [3.05, 3.63) is 45.9 Å². The molecule has 1 aliphatic heterocycles. The Morgan fingerprint density at radius 3 is 2.62 bits per heavy atom. The van der Waals surface area contributed by atoms with Gasteiger partial charge in [-0.3, -0.25) is 9.69 Å². The van der Waals surface area contributed by atoms with Crippen LogP contribution in [0.5, 0.6) is 0 Å². The zero-order chi connectivity index (χ0) is 18.3. The van der Waals surface area contributed by atoms with E-state index in [2.05, 4.69) is 42.0 Å². The second-order valence-corrected chi connectivity index (χ2v) is 6.68. The van der Waals surface area contributed by atoms with Gasteiger partial charge in [0.25, 0.3) is 5.56 Å². The first-order chi connectivity index (χ1) is 12.5. The summed E-state index contributed by atoms with van der Waals surface area (Å²) in [6.45, 7) is 9.29. The molecule has 136 valence electrons. The first-order valence-corrected chi connectivity index (χ1v) is 8.77. The average Bonchev–Trinajstić information content (AvgIpc) is 3.01. The quantitative estimate of drug-likeness (QED) is 0.740. The Hall–Kier alpha value is -2.81. The summed E-state index contributed by atoms with van der Waals surface area (Å²) in [5, 5.41) is 12.8. The maximum absolute atomic E-state index is 11.7. The molecular weight excluding hydrogens is 332 g/mol. The lowest BCUT2D eigenvalue weighted by atomic mass is 10.2. The Morgan fingerprint density at radius 1 is 1.12 bits per heavy atom. The smallest absolute Gasteiger partial charge is 0.251 e. The summed E-state index contributed by atoms with van der Waals surface area (Å²) in [6, 6.07) is 5.52. The highest BCUT2D eigenvalue weighted by Gasteiger charge is 2.24. The maximum Gasteiger partial charge on any atom is 0.251 e. The third-order valence-electron chi connectivity index (χ3n) is 4.87. The van der Waals surface area contributed by atoms with Crippen LogP contribution in [0.2, 0.25) is 0 Å². The Balaban J connectivity index is 1.47. The Bertz CT molecular complexity index is 986. The highest BCUT2D eigenvalue weighted by Crippen LogP contribution is 2.20. The first kappa shape index (κ1) is 16.6. The van der Waals surface area contributed by atoms with E-state index in [4.69, 9.17) is 0 Å². The van der Waals surface area contributed by atoms with Crippen LogP contribution in [0.3, 0.4) is 0 Å². The molecule has 4 heterocycles. The number of aromatic amines is 1. The van der Waals surface area contributed by atoms with E-state index in [9.17, 15) is 4.79 Å². The van der Waals surface area contributed by atoms with Crippen molar-refractivity contribution in [3.63, 3.8) is 0 Å². The molecule has 9 heteroatoms. The fourth-order valence-electron chi connectivity index (χ4n) is 3.37. The van der Waals surface area contributed by atoms with Crippen LogP contribution in [0.4, 0.5) is 5.82 Å². The van der Waals surface area contributed by atoms with Gasteiger partial charge in [-0.15, -0.1) is 15.3 Å². The minimum Gasteiger partial charge on any atom is -0.353 e. The summed E-state index contributed by atoms with van der Waals surface area (Å²) >= 11 is 0. The van der Waals surface area contributed by atoms with E-state index in [1.807, 2.05) is 26.0 Å². The number of nitrogens with zero attached hydrogens (tertiary/aromatic N) is 7. The molecule has 1 saturated heterocycles. The number of hydrogen-bond donors (Lipinski definition) is 1. The van der Waals surface area contributed by atoms with Gasteiger partial charge in [-0.25, -0.2) is 4.98 Å². The van der Waals surface area contributed by atoms with E-state index in [0.717, 1.165) is 55.0 Å². The van der Waals surface area contributed by atoms with Gasteiger partial charge in [-0.2, -0.15) is 4.52 Å². The Labute approximate surface area is 150 Å². The van der Waals surface area contributed by atoms with Crippen molar-refractivity contribution in [2.75, 3.05) is 31.1 Å². The van der Waals surface area contributed by atoms with Crippen molar-refractivity contribution in [3.8, 4) is 0 Å². The van der Waals surface area contributed by atoms with Crippen LogP contribution in [0.15, 0.2) is 23.0 Å². The lowest BCUT2D eigenvalue weighted by Crippen LogP contribution is -2.48. The maximum atomic E-state index is 11.7. The molecule has 0 radical (unpaired) electrons. The van der Waals surface area contributed by atoms with Crippen molar-refractivity contribution in [2.24, 2.45) is 0 Å². The van der Waals surface area contributed by atoms with Crippen LogP contribution in [-0.2, 0) is 0 Å². The minimum absolute atomic E-state index is 0.0697. The third-order valence-corrected chi connectivity index (χ3v) is 4.87. The lowest BCUT2D eigenvalue weighted by Gasteiger charge is -2.38. The number of H-pyrrole nitrogens is 1. The number of anilines is 1. The molecule has 0 spiro atoms. The third kappa shape index (κ3) is 3.05. The summed E-state index contributed by atoms with van der Waals surface area (Å²) in [4.78, 5) is 23.6. The van der Waals surface area contributed by atoms with E-state index in [-0.39, 0.29) is 11.6 Å². The number of nitrogens with one attached hydrogen (secondary N) is 1. The van der Waals surface area contributed by atoms with Gasteiger partial charge < -0.3 is 9.88 Å². The largest absolute Gasteiger partial charge is 0.353 e. The molecule has 3 aromatic heterocycles. The highest BCUT2D eigenvalue weighted by atomic mass is 16.1. The van der Waals surface area contributed by atoms with Crippen LogP contribution in [0.25, 0.3) is 5.65 Å². The lowest BCUT2D eigenvalue weighted by molar-refractivity contribution is 0.190. The van der Waals surface area contributed by atoms with Crippen LogP contribution < -0.4 is 10.5 Å². The van der Waals surface area contributed by atoms with Gasteiger partial charge in [-0.05, 0) is 32.9 Å². The van der Waals surface area contributed by atoms with Gasteiger partial charge in [0.2, 0.25) is 0 Å². The second kappa shape index (κ2) is 6.49. The highest BCUT2D eigenvalue weighted by molar-refractivity contribution is 5.46. The van der Waals surface area contributed by atoms with E-state index in [1.54, 1.807) is 4.52 Å².